The summed E-state index contributed by atoms with van der Waals surface area (Å²) in [5.41, 5.74) is 0.267. The molecule has 3 heteroatoms. The molecule has 2 aliphatic rings. The third-order valence-corrected chi connectivity index (χ3v) is 3.73. The summed E-state index contributed by atoms with van der Waals surface area (Å²) in [6, 6.07) is 0.623. The van der Waals surface area contributed by atoms with Crippen molar-refractivity contribution in [3.8, 4) is 0 Å². The Balaban J connectivity index is 1.96. The van der Waals surface area contributed by atoms with Gasteiger partial charge in [0, 0.05) is 37.8 Å². The molecule has 0 aromatic heterocycles. The Morgan fingerprint density at radius 3 is 2.87 bits per heavy atom. The fourth-order valence-corrected chi connectivity index (χ4v) is 2.83. The summed E-state index contributed by atoms with van der Waals surface area (Å²) < 4.78 is 5.74. The van der Waals surface area contributed by atoms with Crippen LogP contribution in [0.5, 0.6) is 0 Å². The average Bonchev–Trinajstić information content (AvgIpc) is 2.63. The van der Waals surface area contributed by atoms with Crippen LogP contribution in [0.3, 0.4) is 0 Å². The van der Waals surface area contributed by atoms with Gasteiger partial charge in [-0.25, -0.2) is 0 Å². The molecule has 2 rings (SSSR count). The Morgan fingerprint density at radius 2 is 2.27 bits per heavy atom. The maximum atomic E-state index is 5.74. The van der Waals surface area contributed by atoms with Crippen molar-refractivity contribution in [2.75, 3.05) is 26.2 Å². The lowest BCUT2D eigenvalue weighted by Crippen LogP contribution is -2.63. The molecule has 2 fully saturated rings. The number of ether oxygens (including phenoxy) is 1. The normalized spacial score (nSPS) is 37.0. The summed E-state index contributed by atoms with van der Waals surface area (Å²) in [5.74, 6) is 0. The zero-order chi connectivity index (χ0) is 10.9. The van der Waals surface area contributed by atoms with Crippen molar-refractivity contribution in [3.63, 3.8) is 0 Å². The number of nitrogens with one attached hydrogen (secondary N) is 1. The van der Waals surface area contributed by atoms with Crippen LogP contribution in [0.4, 0.5) is 0 Å². The zero-order valence-corrected chi connectivity index (χ0v) is 10.3. The number of piperazine rings is 1. The zero-order valence-electron chi connectivity index (χ0n) is 10.3. The molecule has 88 valence electrons. The summed E-state index contributed by atoms with van der Waals surface area (Å²) >= 11 is 0. The Morgan fingerprint density at radius 1 is 1.47 bits per heavy atom. The van der Waals surface area contributed by atoms with Crippen LogP contribution in [-0.4, -0.2) is 48.8 Å². The first kappa shape index (κ1) is 11.4. The quantitative estimate of drug-likeness (QED) is 0.745. The Bertz CT molecular complexity index is 212. The first-order valence-corrected chi connectivity index (χ1v) is 6.19. The third kappa shape index (κ3) is 2.52. The largest absolute Gasteiger partial charge is 0.377 e. The Kier molecular flexibility index (Phi) is 3.33. The van der Waals surface area contributed by atoms with Gasteiger partial charge < -0.3 is 10.1 Å². The van der Waals surface area contributed by atoms with Crippen molar-refractivity contribution in [1.82, 2.24) is 10.2 Å². The van der Waals surface area contributed by atoms with E-state index in [2.05, 4.69) is 31.0 Å². The van der Waals surface area contributed by atoms with Crippen molar-refractivity contribution in [1.29, 1.82) is 0 Å². The first-order valence-electron chi connectivity index (χ1n) is 6.19. The van der Waals surface area contributed by atoms with Crippen LogP contribution in [0, 0.1) is 0 Å². The Labute approximate surface area is 93.2 Å². The van der Waals surface area contributed by atoms with Gasteiger partial charge in [-0.15, -0.1) is 0 Å². The lowest BCUT2D eigenvalue weighted by molar-refractivity contribution is -0.00693. The Hall–Kier alpha value is -0.120. The van der Waals surface area contributed by atoms with Gasteiger partial charge in [0.25, 0.3) is 0 Å². The second kappa shape index (κ2) is 4.40. The van der Waals surface area contributed by atoms with E-state index in [1.807, 2.05) is 0 Å². The molecule has 1 N–H and O–H groups in total. The van der Waals surface area contributed by atoms with Gasteiger partial charge in [-0.1, -0.05) is 0 Å². The van der Waals surface area contributed by atoms with E-state index in [-0.39, 0.29) is 5.54 Å². The summed E-state index contributed by atoms with van der Waals surface area (Å²) in [6.07, 6.45) is 2.96. The van der Waals surface area contributed by atoms with Gasteiger partial charge in [0.2, 0.25) is 0 Å². The highest BCUT2D eigenvalue weighted by Gasteiger charge is 2.35. The predicted molar refractivity (Wildman–Crippen MR) is 62.1 cm³/mol. The minimum atomic E-state index is 0.267. The van der Waals surface area contributed by atoms with Crippen LogP contribution in [-0.2, 0) is 4.74 Å². The monoisotopic (exact) mass is 212 g/mol. The van der Waals surface area contributed by atoms with Crippen LogP contribution >= 0.6 is 0 Å². The van der Waals surface area contributed by atoms with E-state index in [1.54, 1.807) is 0 Å². The van der Waals surface area contributed by atoms with Crippen LogP contribution in [0.15, 0.2) is 0 Å². The summed E-state index contributed by atoms with van der Waals surface area (Å²) in [5, 5.41) is 3.50. The molecule has 0 amide bonds. The van der Waals surface area contributed by atoms with Crippen LogP contribution in [0.2, 0.25) is 0 Å². The topological polar surface area (TPSA) is 24.5 Å². The third-order valence-electron chi connectivity index (χ3n) is 3.73. The summed E-state index contributed by atoms with van der Waals surface area (Å²) in [6.45, 7) is 11.2. The fourth-order valence-electron chi connectivity index (χ4n) is 2.83. The molecular formula is C12H24N2O. The van der Waals surface area contributed by atoms with Crippen LogP contribution < -0.4 is 5.32 Å². The van der Waals surface area contributed by atoms with Gasteiger partial charge in [-0.05, 0) is 33.6 Å². The van der Waals surface area contributed by atoms with E-state index in [9.17, 15) is 0 Å². The SMILES string of the molecule is CC1CNCC(C)(C)N1CC1CCCO1. The molecule has 2 atom stereocenters. The standard InChI is InChI=1S/C12H24N2O/c1-10-7-13-9-12(2,3)14(10)8-11-5-4-6-15-11/h10-11,13H,4-9H2,1-3H3. The van der Waals surface area contributed by atoms with Crippen molar-refractivity contribution >= 4 is 0 Å². The number of rotatable bonds is 2. The molecule has 2 unspecified atom stereocenters. The number of hydrogen-bond donors (Lipinski definition) is 1. The molecule has 0 spiro atoms. The lowest BCUT2D eigenvalue weighted by Gasteiger charge is -2.47. The van der Waals surface area contributed by atoms with Gasteiger partial charge in [-0.3, -0.25) is 4.90 Å². The van der Waals surface area contributed by atoms with Crippen molar-refractivity contribution < 1.29 is 4.74 Å². The van der Waals surface area contributed by atoms with E-state index in [0.29, 0.717) is 12.1 Å². The maximum absolute atomic E-state index is 5.74. The molecule has 3 nitrogen and oxygen atoms in total. The molecule has 2 heterocycles. The van der Waals surface area contributed by atoms with Gasteiger partial charge in [0.1, 0.15) is 0 Å². The molecule has 0 saturated carbocycles. The second-order valence-electron chi connectivity index (χ2n) is 5.58. The summed E-state index contributed by atoms with van der Waals surface area (Å²) in [4.78, 5) is 2.61. The highest BCUT2D eigenvalue weighted by molar-refractivity contribution is 4.93. The van der Waals surface area contributed by atoms with Crippen molar-refractivity contribution in [2.45, 2.75) is 51.3 Å². The molecule has 0 aliphatic carbocycles. The maximum Gasteiger partial charge on any atom is 0.0703 e. The smallest absolute Gasteiger partial charge is 0.0703 e. The summed E-state index contributed by atoms with van der Waals surface area (Å²) in [7, 11) is 0. The second-order valence-corrected chi connectivity index (χ2v) is 5.58. The highest BCUT2D eigenvalue weighted by Crippen LogP contribution is 2.24. The molecule has 15 heavy (non-hydrogen) atoms. The number of hydrogen-bond acceptors (Lipinski definition) is 3. The molecule has 0 radical (unpaired) electrons. The van der Waals surface area contributed by atoms with E-state index in [0.717, 1.165) is 26.2 Å². The fraction of sp³-hybridized carbons (Fsp3) is 1.00. The lowest BCUT2D eigenvalue weighted by atomic mass is 9.96. The molecule has 0 aromatic carbocycles. The van der Waals surface area contributed by atoms with Gasteiger partial charge in [0.15, 0.2) is 0 Å². The predicted octanol–water partition coefficient (Wildman–Crippen LogP) is 1.24. The van der Waals surface area contributed by atoms with Gasteiger partial charge in [-0.2, -0.15) is 0 Å². The highest BCUT2D eigenvalue weighted by atomic mass is 16.5. The van der Waals surface area contributed by atoms with E-state index in [1.165, 1.54) is 12.8 Å². The molecular weight excluding hydrogens is 188 g/mol. The minimum absolute atomic E-state index is 0.267. The van der Waals surface area contributed by atoms with E-state index in [4.69, 9.17) is 4.74 Å². The molecule has 2 saturated heterocycles. The van der Waals surface area contributed by atoms with Gasteiger partial charge in [0.05, 0.1) is 6.10 Å². The minimum Gasteiger partial charge on any atom is -0.377 e. The van der Waals surface area contributed by atoms with E-state index < -0.39 is 0 Å². The van der Waals surface area contributed by atoms with Crippen molar-refractivity contribution in [3.05, 3.63) is 0 Å². The van der Waals surface area contributed by atoms with Crippen molar-refractivity contribution in [2.24, 2.45) is 0 Å². The van der Waals surface area contributed by atoms with Gasteiger partial charge >= 0.3 is 0 Å². The average molecular weight is 212 g/mol. The number of nitrogens with zero attached hydrogens (tertiary/aromatic N) is 1. The molecule has 0 bridgehead atoms. The molecule has 2 aliphatic heterocycles. The van der Waals surface area contributed by atoms with Crippen LogP contribution in [0.25, 0.3) is 0 Å². The first-order chi connectivity index (χ1) is 7.09. The van der Waals surface area contributed by atoms with Crippen LogP contribution in [0.1, 0.15) is 33.6 Å². The molecule has 0 aromatic rings. The van der Waals surface area contributed by atoms with E-state index >= 15 is 0 Å².